The Morgan fingerprint density at radius 2 is 1.65 bits per heavy atom. The largest absolute Gasteiger partial charge is 0.214 e. The number of aromatic amines is 1. The predicted molar refractivity (Wildman–Crippen MR) is 80.6 cm³/mol. The van der Waals surface area contributed by atoms with E-state index in [-0.39, 0.29) is 10.3 Å². The Hall–Kier alpha value is -1.50. The second-order valence-corrected chi connectivity index (χ2v) is 5.50. The van der Waals surface area contributed by atoms with E-state index in [9.17, 15) is 0 Å². The normalized spacial score (nSPS) is 10.8. The number of aromatic nitrogens is 5. The van der Waals surface area contributed by atoms with Gasteiger partial charge in [0.05, 0.1) is 11.8 Å². The van der Waals surface area contributed by atoms with E-state index in [4.69, 9.17) is 23.2 Å². The highest BCUT2D eigenvalue weighted by Gasteiger charge is 2.15. The maximum atomic E-state index is 6.22. The van der Waals surface area contributed by atoms with Crippen LogP contribution in [-0.2, 0) is 0 Å². The van der Waals surface area contributed by atoms with E-state index < -0.39 is 0 Å². The zero-order valence-electron chi connectivity index (χ0n) is 9.81. The van der Waals surface area contributed by atoms with Crippen LogP contribution < -0.4 is 0 Å². The first-order valence-electron chi connectivity index (χ1n) is 5.50. The number of halogens is 3. The molecule has 0 saturated heterocycles. The lowest BCUT2D eigenvalue weighted by Gasteiger charge is -2.07. The van der Waals surface area contributed by atoms with E-state index in [0.29, 0.717) is 17.1 Å². The molecule has 3 aromatic rings. The fourth-order valence-electron chi connectivity index (χ4n) is 1.69. The third kappa shape index (κ3) is 2.54. The average Bonchev–Trinajstić information content (AvgIpc) is 2.94. The average molecular weight is 371 g/mol. The molecule has 0 saturated carbocycles. The van der Waals surface area contributed by atoms with E-state index in [1.165, 1.54) is 6.20 Å². The number of hydrogen-bond acceptors (Lipinski definition) is 4. The Kier molecular flexibility index (Phi) is 3.69. The van der Waals surface area contributed by atoms with Crippen molar-refractivity contribution < 1.29 is 0 Å². The molecule has 0 aliphatic carbocycles. The molecule has 1 N–H and O–H groups in total. The van der Waals surface area contributed by atoms with Crippen molar-refractivity contribution in [2.24, 2.45) is 0 Å². The first-order chi connectivity index (χ1) is 9.65. The molecule has 2 heterocycles. The van der Waals surface area contributed by atoms with Gasteiger partial charge in [0.15, 0.2) is 5.82 Å². The summed E-state index contributed by atoms with van der Waals surface area (Å²) in [5.41, 5.74) is 1.92. The fraction of sp³-hybridized carbons (Fsp3) is 0. The molecule has 2 aromatic heterocycles. The Balaban J connectivity index is 2.11. The van der Waals surface area contributed by atoms with Crippen LogP contribution in [0.15, 0.2) is 34.9 Å². The smallest absolute Gasteiger partial charge is 0.184 e. The number of nitrogens with one attached hydrogen (secondary N) is 1. The molecule has 8 heteroatoms. The molecule has 3 rings (SSSR count). The third-order valence-electron chi connectivity index (χ3n) is 2.60. The van der Waals surface area contributed by atoms with E-state index in [2.05, 4.69) is 41.3 Å². The summed E-state index contributed by atoms with van der Waals surface area (Å²) in [7, 11) is 0. The fourth-order valence-corrected chi connectivity index (χ4v) is 2.56. The van der Waals surface area contributed by atoms with Gasteiger partial charge in [-0.1, -0.05) is 51.3 Å². The van der Waals surface area contributed by atoms with Crippen molar-refractivity contribution in [1.29, 1.82) is 0 Å². The van der Waals surface area contributed by atoms with E-state index >= 15 is 0 Å². The van der Waals surface area contributed by atoms with Crippen LogP contribution in [0.25, 0.3) is 22.6 Å². The summed E-state index contributed by atoms with van der Waals surface area (Å²) in [6, 6.07) is 7.56. The molecule has 0 atom stereocenters. The summed E-state index contributed by atoms with van der Waals surface area (Å²) in [6.45, 7) is 0. The van der Waals surface area contributed by atoms with Crippen LogP contribution in [0.1, 0.15) is 0 Å². The highest BCUT2D eigenvalue weighted by atomic mass is 79.9. The highest BCUT2D eigenvalue weighted by molar-refractivity contribution is 9.10. The molecule has 100 valence electrons. The summed E-state index contributed by atoms with van der Waals surface area (Å²) >= 11 is 15.8. The topological polar surface area (TPSA) is 67.3 Å². The van der Waals surface area contributed by atoms with Crippen molar-refractivity contribution in [1.82, 2.24) is 25.4 Å². The van der Waals surface area contributed by atoms with Gasteiger partial charge in [0.1, 0.15) is 16.0 Å². The van der Waals surface area contributed by atoms with E-state index in [1.54, 1.807) is 0 Å². The van der Waals surface area contributed by atoms with Crippen molar-refractivity contribution in [3.8, 4) is 22.6 Å². The van der Waals surface area contributed by atoms with Crippen molar-refractivity contribution in [2.45, 2.75) is 0 Å². The molecular weight excluding hydrogens is 365 g/mol. The zero-order valence-corrected chi connectivity index (χ0v) is 12.9. The van der Waals surface area contributed by atoms with Gasteiger partial charge in [-0.3, -0.25) is 0 Å². The summed E-state index contributed by atoms with van der Waals surface area (Å²) in [5.74, 6) is 0.328. The van der Waals surface area contributed by atoms with Gasteiger partial charge in [0, 0.05) is 4.47 Å². The third-order valence-corrected chi connectivity index (χ3v) is 3.67. The molecule has 0 fully saturated rings. The Labute approximate surface area is 132 Å². The van der Waals surface area contributed by atoms with Crippen LogP contribution in [0.5, 0.6) is 0 Å². The number of benzene rings is 1. The Morgan fingerprint density at radius 3 is 2.20 bits per heavy atom. The van der Waals surface area contributed by atoms with Crippen LogP contribution >= 0.6 is 39.1 Å². The van der Waals surface area contributed by atoms with Crippen LogP contribution in [-0.4, -0.2) is 25.4 Å². The first-order valence-corrected chi connectivity index (χ1v) is 7.05. The molecule has 1 aromatic carbocycles. The molecule has 0 bridgehead atoms. The van der Waals surface area contributed by atoms with Gasteiger partial charge in [0.25, 0.3) is 0 Å². The molecule has 0 aliphatic heterocycles. The zero-order chi connectivity index (χ0) is 14.1. The van der Waals surface area contributed by atoms with Crippen molar-refractivity contribution in [2.75, 3.05) is 0 Å². The van der Waals surface area contributed by atoms with Gasteiger partial charge in [-0.25, -0.2) is 9.97 Å². The predicted octanol–water partition coefficient (Wildman–Crippen LogP) is 4.00. The Morgan fingerprint density at radius 1 is 1.00 bits per heavy atom. The van der Waals surface area contributed by atoms with E-state index in [0.717, 1.165) is 10.0 Å². The highest BCUT2D eigenvalue weighted by Crippen LogP contribution is 2.34. The minimum absolute atomic E-state index is 0.269. The lowest BCUT2D eigenvalue weighted by Crippen LogP contribution is -1.95. The van der Waals surface area contributed by atoms with Gasteiger partial charge in [-0.05, 0) is 17.7 Å². The quantitative estimate of drug-likeness (QED) is 0.692. The van der Waals surface area contributed by atoms with Crippen LogP contribution in [0.3, 0.4) is 0 Å². The maximum Gasteiger partial charge on any atom is 0.184 e. The van der Waals surface area contributed by atoms with Gasteiger partial charge in [-0.15, -0.1) is 0 Å². The summed E-state index contributed by atoms with van der Waals surface area (Å²) < 4.78 is 0.966. The number of nitrogens with zero attached hydrogens (tertiary/aromatic N) is 4. The minimum Gasteiger partial charge on any atom is -0.214 e. The summed E-state index contributed by atoms with van der Waals surface area (Å²) in [5, 5.41) is 10.6. The van der Waals surface area contributed by atoms with Gasteiger partial charge in [-0.2, -0.15) is 15.4 Å². The lowest BCUT2D eigenvalue weighted by atomic mass is 10.1. The molecule has 5 nitrogen and oxygen atoms in total. The first kappa shape index (κ1) is 13.5. The molecule has 0 unspecified atom stereocenters. The second kappa shape index (κ2) is 5.47. The van der Waals surface area contributed by atoms with Crippen molar-refractivity contribution >= 4 is 39.1 Å². The maximum absolute atomic E-state index is 6.22. The molecule has 0 aliphatic rings. The van der Waals surface area contributed by atoms with Gasteiger partial charge >= 0.3 is 0 Å². The number of H-pyrrole nitrogens is 1. The molecule has 0 amide bonds. The monoisotopic (exact) mass is 369 g/mol. The standard InChI is InChI=1S/C12H6BrCl2N5/c13-7-3-1-6(2-4-7)9-10(14)17-12(18-11(9)15)8-5-16-20-19-8/h1-5H,(H,16,19,20). The van der Waals surface area contributed by atoms with Crippen molar-refractivity contribution in [3.05, 3.63) is 45.2 Å². The molecular formula is C12H6BrCl2N5. The van der Waals surface area contributed by atoms with Gasteiger partial charge in [0.2, 0.25) is 0 Å². The SMILES string of the molecule is Clc1nc(-c2cn[nH]n2)nc(Cl)c1-c1ccc(Br)cc1. The van der Waals surface area contributed by atoms with Crippen LogP contribution in [0.4, 0.5) is 0 Å². The van der Waals surface area contributed by atoms with Crippen LogP contribution in [0, 0.1) is 0 Å². The van der Waals surface area contributed by atoms with Gasteiger partial charge < -0.3 is 0 Å². The second-order valence-electron chi connectivity index (χ2n) is 3.87. The minimum atomic E-state index is 0.269. The Bertz CT molecular complexity index is 720. The number of hydrogen-bond donors (Lipinski definition) is 1. The summed E-state index contributed by atoms with van der Waals surface area (Å²) in [6.07, 6.45) is 1.50. The van der Waals surface area contributed by atoms with Crippen LogP contribution in [0.2, 0.25) is 10.3 Å². The van der Waals surface area contributed by atoms with E-state index in [1.807, 2.05) is 24.3 Å². The number of rotatable bonds is 2. The summed E-state index contributed by atoms with van der Waals surface area (Å²) in [4.78, 5) is 8.42. The molecule has 0 spiro atoms. The lowest BCUT2D eigenvalue weighted by molar-refractivity contribution is 0.938. The van der Waals surface area contributed by atoms with Crippen molar-refractivity contribution in [3.63, 3.8) is 0 Å². The molecule has 0 radical (unpaired) electrons. The molecule has 20 heavy (non-hydrogen) atoms.